The van der Waals surface area contributed by atoms with Gasteiger partial charge in [0, 0.05) is 37.2 Å². The van der Waals surface area contributed by atoms with Crippen molar-refractivity contribution in [3.05, 3.63) is 47.3 Å². The van der Waals surface area contributed by atoms with Crippen molar-refractivity contribution in [2.24, 2.45) is 5.92 Å². The van der Waals surface area contributed by atoms with Crippen molar-refractivity contribution in [2.45, 2.75) is 32.6 Å². The summed E-state index contributed by atoms with van der Waals surface area (Å²) in [7, 11) is 0. The van der Waals surface area contributed by atoms with Crippen LogP contribution in [0.15, 0.2) is 24.3 Å². The van der Waals surface area contributed by atoms with Gasteiger partial charge in [0.15, 0.2) is 11.6 Å². The Morgan fingerprint density at radius 2 is 2.12 bits per heavy atom. The minimum atomic E-state index is -0.895. The lowest BCUT2D eigenvalue weighted by Crippen LogP contribution is -2.24. The fraction of sp³-hybridized carbons (Fsp3) is 0.526. The molecule has 6 heteroatoms. The van der Waals surface area contributed by atoms with E-state index in [2.05, 4.69) is 35.0 Å². The molecule has 25 heavy (non-hydrogen) atoms. The van der Waals surface area contributed by atoms with Crippen LogP contribution < -0.4 is 4.74 Å². The van der Waals surface area contributed by atoms with Gasteiger partial charge in [0.1, 0.15) is 5.75 Å². The van der Waals surface area contributed by atoms with Gasteiger partial charge in [0.2, 0.25) is 0 Å². The highest BCUT2D eigenvalue weighted by atomic mass is 19.2. The van der Waals surface area contributed by atoms with Gasteiger partial charge in [-0.3, -0.25) is 5.10 Å². The molecule has 1 aliphatic rings. The van der Waals surface area contributed by atoms with Crippen LogP contribution in [0.25, 0.3) is 0 Å². The highest BCUT2D eigenvalue weighted by molar-refractivity contribution is 5.23. The molecule has 1 fully saturated rings. The SMILES string of the molecule is CC(C)CN1CC[C@H](c2cc(CCOc3ccc(F)c(F)c3)[nH]n2)C1. The zero-order chi connectivity index (χ0) is 17.8. The predicted octanol–water partition coefficient (Wildman–Crippen LogP) is 3.75. The van der Waals surface area contributed by atoms with E-state index in [4.69, 9.17) is 4.74 Å². The molecule has 1 aliphatic heterocycles. The average Bonchev–Trinajstić information content (AvgIpc) is 3.19. The lowest BCUT2D eigenvalue weighted by Gasteiger charge is -2.17. The van der Waals surface area contributed by atoms with Crippen molar-refractivity contribution in [1.29, 1.82) is 0 Å². The summed E-state index contributed by atoms with van der Waals surface area (Å²) in [6.07, 6.45) is 1.79. The summed E-state index contributed by atoms with van der Waals surface area (Å²) in [5.41, 5.74) is 2.11. The van der Waals surface area contributed by atoms with E-state index in [0.717, 1.165) is 49.6 Å². The van der Waals surface area contributed by atoms with E-state index in [-0.39, 0.29) is 0 Å². The van der Waals surface area contributed by atoms with Crippen molar-refractivity contribution < 1.29 is 13.5 Å². The van der Waals surface area contributed by atoms with Gasteiger partial charge in [-0.25, -0.2) is 8.78 Å². The number of rotatable bonds is 7. The first-order chi connectivity index (χ1) is 12.0. The largest absolute Gasteiger partial charge is 0.493 e. The molecule has 0 bridgehead atoms. The Morgan fingerprint density at radius 1 is 1.28 bits per heavy atom. The van der Waals surface area contributed by atoms with Gasteiger partial charge in [-0.05, 0) is 37.1 Å². The number of nitrogens with zero attached hydrogens (tertiary/aromatic N) is 2. The van der Waals surface area contributed by atoms with E-state index >= 15 is 0 Å². The van der Waals surface area contributed by atoms with Crippen molar-refractivity contribution in [3.63, 3.8) is 0 Å². The molecule has 4 nitrogen and oxygen atoms in total. The smallest absolute Gasteiger partial charge is 0.162 e. The molecular formula is C19H25F2N3O. The summed E-state index contributed by atoms with van der Waals surface area (Å²) in [4.78, 5) is 2.50. The quantitative estimate of drug-likeness (QED) is 0.828. The molecule has 0 unspecified atom stereocenters. The van der Waals surface area contributed by atoms with E-state index in [0.29, 0.717) is 30.6 Å². The normalized spacial score (nSPS) is 18.2. The third kappa shape index (κ3) is 4.78. The maximum absolute atomic E-state index is 13.1. The summed E-state index contributed by atoms with van der Waals surface area (Å²) in [5.74, 6) is -0.265. The van der Waals surface area contributed by atoms with Gasteiger partial charge >= 0.3 is 0 Å². The summed E-state index contributed by atoms with van der Waals surface area (Å²) < 4.78 is 31.5. The van der Waals surface area contributed by atoms with E-state index in [1.165, 1.54) is 6.07 Å². The van der Waals surface area contributed by atoms with E-state index in [1.54, 1.807) is 0 Å². The lowest BCUT2D eigenvalue weighted by molar-refractivity contribution is 0.294. The van der Waals surface area contributed by atoms with Crippen molar-refractivity contribution >= 4 is 0 Å². The van der Waals surface area contributed by atoms with Gasteiger partial charge < -0.3 is 9.64 Å². The van der Waals surface area contributed by atoms with Crippen molar-refractivity contribution in [3.8, 4) is 5.75 Å². The topological polar surface area (TPSA) is 41.1 Å². The Bertz CT molecular complexity index is 702. The number of halogens is 2. The third-order valence-corrected chi connectivity index (χ3v) is 4.50. The number of ether oxygens (including phenoxy) is 1. The fourth-order valence-corrected chi connectivity index (χ4v) is 3.32. The van der Waals surface area contributed by atoms with Crippen LogP contribution in [0.5, 0.6) is 5.75 Å². The zero-order valence-corrected chi connectivity index (χ0v) is 14.8. The lowest BCUT2D eigenvalue weighted by atomic mass is 10.0. The molecule has 2 heterocycles. The van der Waals surface area contributed by atoms with Crippen LogP contribution in [0, 0.1) is 17.6 Å². The summed E-state index contributed by atoms with van der Waals surface area (Å²) in [6, 6.07) is 5.66. The standard InChI is InChI=1S/C19H25F2N3O/c1-13(2)11-24-7-5-14(12-24)19-9-15(22-23-19)6-8-25-16-3-4-17(20)18(21)10-16/h3-4,9-10,13-14H,5-8,11-12H2,1-2H3,(H,22,23)/t14-/m0/s1. The maximum Gasteiger partial charge on any atom is 0.162 e. The molecular weight excluding hydrogens is 324 g/mol. The number of aromatic amines is 1. The maximum atomic E-state index is 13.1. The summed E-state index contributed by atoms with van der Waals surface area (Å²) in [6.45, 7) is 8.20. The van der Waals surface area contributed by atoms with Crippen molar-refractivity contribution in [1.82, 2.24) is 15.1 Å². The number of nitrogens with one attached hydrogen (secondary N) is 1. The molecule has 1 saturated heterocycles. The molecule has 2 aromatic rings. The molecule has 1 atom stereocenters. The minimum absolute atomic E-state index is 0.332. The summed E-state index contributed by atoms with van der Waals surface area (Å²) >= 11 is 0. The molecule has 0 radical (unpaired) electrons. The van der Waals surface area contributed by atoms with Gasteiger partial charge in [-0.1, -0.05) is 13.8 Å². The fourth-order valence-electron chi connectivity index (χ4n) is 3.32. The van der Waals surface area contributed by atoms with Crippen molar-refractivity contribution in [2.75, 3.05) is 26.2 Å². The molecule has 136 valence electrons. The van der Waals surface area contributed by atoms with Crippen LogP contribution in [0.1, 0.15) is 37.6 Å². The second-order valence-electron chi connectivity index (χ2n) is 7.13. The highest BCUT2D eigenvalue weighted by Crippen LogP contribution is 2.26. The Morgan fingerprint density at radius 3 is 2.88 bits per heavy atom. The first-order valence-electron chi connectivity index (χ1n) is 8.85. The van der Waals surface area contributed by atoms with Crippen LogP contribution in [-0.4, -0.2) is 41.3 Å². The number of hydrogen-bond donors (Lipinski definition) is 1. The van der Waals surface area contributed by atoms with Crippen LogP contribution in [0.2, 0.25) is 0 Å². The summed E-state index contributed by atoms with van der Waals surface area (Å²) in [5, 5.41) is 7.51. The second-order valence-corrected chi connectivity index (χ2v) is 7.13. The number of aromatic nitrogens is 2. The van der Waals surface area contributed by atoms with Gasteiger partial charge in [0.25, 0.3) is 0 Å². The Balaban J connectivity index is 1.48. The van der Waals surface area contributed by atoms with Crippen LogP contribution >= 0.6 is 0 Å². The highest BCUT2D eigenvalue weighted by Gasteiger charge is 2.25. The molecule has 1 aromatic carbocycles. The monoisotopic (exact) mass is 349 g/mol. The molecule has 0 spiro atoms. The van der Waals surface area contributed by atoms with Crippen LogP contribution in [0.4, 0.5) is 8.78 Å². The minimum Gasteiger partial charge on any atom is -0.493 e. The Hall–Kier alpha value is -1.95. The molecule has 0 amide bonds. The van der Waals surface area contributed by atoms with E-state index in [1.807, 2.05) is 0 Å². The first-order valence-corrected chi connectivity index (χ1v) is 8.85. The van der Waals surface area contributed by atoms with Crippen LogP contribution in [0.3, 0.4) is 0 Å². The Kier molecular flexibility index (Phi) is 5.68. The van der Waals surface area contributed by atoms with Gasteiger partial charge in [0.05, 0.1) is 12.3 Å². The van der Waals surface area contributed by atoms with Crippen LogP contribution in [-0.2, 0) is 6.42 Å². The average molecular weight is 349 g/mol. The van der Waals surface area contributed by atoms with E-state index in [9.17, 15) is 8.78 Å². The van der Waals surface area contributed by atoms with Gasteiger partial charge in [-0.15, -0.1) is 0 Å². The molecule has 1 N–H and O–H groups in total. The van der Waals surface area contributed by atoms with Gasteiger partial charge in [-0.2, -0.15) is 5.10 Å². The predicted molar refractivity (Wildman–Crippen MR) is 92.8 cm³/mol. The number of hydrogen-bond acceptors (Lipinski definition) is 3. The Labute approximate surface area is 147 Å². The van der Waals surface area contributed by atoms with E-state index < -0.39 is 11.6 Å². The first kappa shape index (κ1) is 17.9. The number of likely N-dealkylation sites (tertiary alicyclic amines) is 1. The number of benzene rings is 1. The third-order valence-electron chi connectivity index (χ3n) is 4.50. The molecule has 3 rings (SSSR count). The molecule has 1 aromatic heterocycles. The molecule has 0 saturated carbocycles. The second kappa shape index (κ2) is 7.95. The number of H-pyrrole nitrogens is 1. The molecule has 0 aliphatic carbocycles. The zero-order valence-electron chi connectivity index (χ0n) is 14.8.